The van der Waals surface area contributed by atoms with E-state index in [9.17, 15) is 10.2 Å². The van der Waals surface area contributed by atoms with E-state index in [0.29, 0.717) is 0 Å². The minimum atomic E-state index is 0.0271. The van der Waals surface area contributed by atoms with Crippen molar-refractivity contribution in [2.24, 2.45) is 0 Å². The van der Waals surface area contributed by atoms with Crippen LogP contribution in [0, 0.1) is 6.92 Å². The molecule has 18 heavy (non-hydrogen) atoms. The average molecular weight is 250 g/mol. The van der Waals surface area contributed by atoms with E-state index in [1.807, 2.05) is 6.92 Å². The average Bonchev–Trinajstić information content (AvgIpc) is 2.36. The van der Waals surface area contributed by atoms with Gasteiger partial charge in [-0.15, -0.1) is 0 Å². The second-order valence-electron chi connectivity index (χ2n) is 5.07. The van der Waals surface area contributed by atoms with Gasteiger partial charge in [-0.2, -0.15) is 0 Å². The Bertz CT molecular complexity index is 383. The van der Waals surface area contributed by atoms with Crippen LogP contribution >= 0.6 is 0 Å². The summed E-state index contributed by atoms with van der Waals surface area (Å²) in [4.78, 5) is 0. The molecule has 2 nitrogen and oxygen atoms in total. The molecule has 0 spiro atoms. The fourth-order valence-corrected chi connectivity index (χ4v) is 2.39. The molecular weight excluding hydrogens is 224 g/mol. The highest BCUT2D eigenvalue weighted by atomic mass is 16.3. The fraction of sp³-hybridized carbons (Fsp3) is 0.625. The summed E-state index contributed by atoms with van der Waals surface area (Å²) >= 11 is 0. The summed E-state index contributed by atoms with van der Waals surface area (Å²) in [5, 5.41) is 19.6. The Balaban J connectivity index is 2.97. The van der Waals surface area contributed by atoms with Crippen LogP contribution in [0.25, 0.3) is 0 Å². The SMILES string of the molecule is CCCCCc1cc(O)c(O)c(C)c1CCCC. The van der Waals surface area contributed by atoms with E-state index >= 15 is 0 Å². The summed E-state index contributed by atoms with van der Waals surface area (Å²) in [5.74, 6) is 0.0830. The van der Waals surface area contributed by atoms with Gasteiger partial charge in [-0.25, -0.2) is 0 Å². The van der Waals surface area contributed by atoms with E-state index < -0.39 is 0 Å². The van der Waals surface area contributed by atoms with Gasteiger partial charge < -0.3 is 10.2 Å². The highest BCUT2D eigenvalue weighted by Crippen LogP contribution is 2.35. The maximum Gasteiger partial charge on any atom is 0.160 e. The van der Waals surface area contributed by atoms with Crippen molar-refractivity contribution in [3.8, 4) is 11.5 Å². The van der Waals surface area contributed by atoms with Crippen LogP contribution in [0.2, 0.25) is 0 Å². The Morgan fingerprint density at radius 1 is 0.944 bits per heavy atom. The molecule has 0 atom stereocenters. The van der Waals surface area contributed by atoms with Gasteiger partial charge in [0.2, 0.25) is 0 Å². The first-order valence-electron chi connectivity index (χ1n) is 7.15. The molecule has 0 aliphatic rings. The Hall–Kier alpha value is -1.18. The molecule has 0 aliphatic heterocycles. The van der Waals surface area contributed by atoms with Crippen molar-refractivity contribution in [3.63, 3.8) is 0 Å². The molecule has 2 heteroatoms. The van der Waals surface area contributed by atoms with Gasteiger partial charge in [-0.3, -0.25) is 0 Å². The van der Waals surface area contributed by atoms with E-state index in [2.05, 4.69) is 13.8 Å². The molecule has 0 fully saturated rings. The molecule has 0 bridgehead atoms. The lowest BCUT2D eigenvalue weighted by Crippen LogP contribution is -1.99. The van der Waals surface area contributed by atoms with Gasteiger partial charge in [0, 0.05) is 0 Å². The predicted octanol–water partition coefficient (Wildman–Crippen LogP) is 4.48. The first kappa shape index (κ1) is 14.9. The minimum Gasteiger partial charge on any atom is -0.504 e. The molecule has 0 aromatic heterocycles. The topological polar surface area (TPSA) is 40.5 Å². The highest BCUT2D eigenvalue weighted by Gasteiger charge is 2.13. The molecule has 0 saturated heterocycles. The number of hydrogen-bond donors (Lipinski definition) is 2. The maximum atomic E-state index is 9.83. The first-order chi connectivity index (χ1) is 8.61. The van der Waals surface area contributed by atoms with Crippen LogP contribution in [0.15, 0.2) is 6.07 Å². The highest BCUT2D eigenvalue weighted by molar-refractivity contribution is 5.52. The third kappa shape index (κ3) is 3.66. The summed E-state index contributed by atoms with van der Waals surface area (Å²) in [7, 11) is 0. The smallest absolute Gasteiger partial charge is 0.160 e. The van der Waals surface area contributed by atoms with Crippen molar-refractivity contribution >= 4 is 0 Å². The van der Waals surface area contributed by atoms with Crippen molar-refractivity contribution in [2.75, 3.05) is 0 Å². The molecule has 0 saturated carbocycles. The zero-order chi connectivity index (χ0) is 13.5. The second kappa shape index (κ2) is 7.30. The lowest BCUT2D eigenvalue weighted by atomic mass is 9.92. The molecular formula is C16H26O2. The summed E-state index contributed by atoms with van der Waals surface area (Å²) in [6.45, 7) is 6.27. The number of phenolic OH excluding ortho intramolecular Hbond substituents is 2. The number of phenols is 2. The third-order valence-electron chi connectivity index (χ3n) is 3.58. The van der Waals surface area contributed by atoms with Crippen LogP contribution in [0.5, 0.6) is 11.5 Å². The number of aromatic hydroxyl groups is 2. The van der Waals surface area contributed by atoms with Gasteiger partial charge in [0.25, 0.3) is 0 Å². The molecule has 0 amide bonds. The Labute approximate surface area is 111 Å². The van der Waals surface area contributed by atoms with E-state index in [4.69, 9.17) is 0 Å². The Morgan fingerprint density at radius 2 is 1.61 bits per heavy atom. The zero-order valence-corrected chi connectivity index (χ0v) is 11.9. The monoisotopic (exact) mass is 250 g/mol. The summed E-state index contributed by atoms with van der Waals surface area (Å²) in [5.41, 5.74) is 3.31. The largest absolute Gasteiger partial charge is 0.504 e. The van der Waals surface area contributed by atoms with Gasteiger partial charge in [0.1, 0.15) is 0 Å². The fourth-order valence-electron chi connectivity index (χ4n) is 2.39. The normalized spacial score (nSPS) is 10.8. The van der Waals surface area contributed by atoms with Crippen LogP contribution in [0.4, 0.5) is 0 Å². The van der Waals surface area contributed by atoms with Crippen LogP contribution in [-0.2, 0) is 12.8 Å². The zero-order valence-electron chi connectivity index (χ0n) is 11.9. The van der Waals surface area contributed by atoms with Crippen LogP contribution in [0.3, 0.4) is 0 Å². The van der Waals surface area contributed by atoms with Gasteiger partial charge in [-0.1, -0.05) is 33.1 Å². The van der Waals surface area contributed by atoms with Gasteiger partial charge in [-0.05, 0) is 55.4 Å². The Morgan fingerprint density at radius 3 is 2.22 bits per heavy atom. The number of unbranched alkanes of at least 4 members (excludes halogenated alkanes) is 3. The van der Waals surface area contributed by atoms with Crippen LogP contribution in [-0.4, -0.2) is 10.2 Å². The molecule has 0 radical (unpaired) electrons. The quantitative estimate of drug-likeness (QED) is 0.553. The van der Waals surface area contributed by atoms with Crippen LogP contribution < -0.4 is 0 Å². The first-order valence-corrected chi connectivity index (χ1v) is 7.15. The van der Waals surface area contributed by atoms with Crippen molar-refractivity contribution in [3.05, 3.63) is 22.8 Å². The maximum absolute atomic E-state index is 9.83. The molecule has 102 valence electrons. The van der Waals surface area contributed by atoms with Gasteiger partial charge >= 0.3 is 0 Å². The molecule has 0 heterocycles. The van der Waals surface area contributed by atoms with E-state index in [1.165, 1.54) is 24.0 Å². The van der Waals surface area contributed by atoms with Crippen molar-refractivity contribution in [1.82, 2.24) is 0 Å². The van der Waals surface area contributed by atoms with E-state index in [1.54, 1.807) is 6.07 Å². The van der Waals surface area contributed by atoms with Crippen LogP contribution in [0.1, 0.15) is 62.6 Å². The van der Waals surface area contributed by atoms with E-state index in [0.717, 1.165) is 37.7 Å². The minimum absolute atomic E-state index is 0.0271. The summed E-state index contributed by atoms with van der Waals surface area (Å²) in [6, 6.07) is 1.75. The lowest BCUT2D eigenvalue weighted by molar-refractivity contribution is 0.399. The predicted molar refractivity (Wildman–Crippen MR) is 76.3 cm³/mol. The molecule has 0 unspecified atom stereocenters. The molecule has 2 N–H and O–H groups in total. The molecule has 1 aromatic carbocycles. The molecule has 1 aromatic rings. The molecule has 1 rings (SSSR count). The number of aryl methyl sites for hydroxylation is 1. The Kier molecular flexibility index (Phi) is 6.03. The van der Waals surface area contributed by atoms with Crippen molar-refractivity contribution < 1.29 is 10.2 Å². The van der Waals surface area contributed by atoms with E-state index in [-0.39, 0.29) is 11.5 Å². The number of hydrogen-bond acceptors (Lipinski definition) is 2. The third-order valence-corrected chi connectivity index (χ3v) is 3.58. The summed E-state index contributed by atoms with van der Waals surface area (Å²) in [6.07, 6.45) is 7.85. The number of benzene rings is 1. The van der Waals surface area contributed by atoms with Gasteiger partial charge in [0.05, 0.1) is 0 Å². The standard InChI is InChI=1S/C16H26O2/c1-4-6-8-9-13-11-15(17)16(18)12(3)14(13)10-7-5-2/h11,17-18H,4-10H2,1-3H3. The second-order valence-corrected chi connectivity index (χ2v) is 5.07. The summed E-state index contributed by atoms with van der Waals surface area (Å²) < 4.78 is 0. The van der Waals surface area contributed by atoms with Crippen molar-refractivity contribution in [1.29, 1.82) is 0 Å². The number of rotatable bonds is 7. The molecule has 0 aliphatic carbocycles. The lowest BCUT2D eigenvalue weighted by Gasteiger charge is -2.15. The van der Waals surface area contributed by atoms with Gasteiger partial charge in [0.15, 0.2) is 11.5 Å². The van der Waals surface area contributed by atoms with Crippen molar-refractivity contribution in [2.45, 2.75) is 65.7 Å².